The van der Waals surface area contributed by atoms with Crippen molar-refractivity contribution in [1.82, 2.24) is 19.9 Å². The van der Waals surface area contributed by atoms with Gasteiger partial charge < -0.3 is 0 Å². The lowest BCUT2D eigenvalue weighted by Crippen LogP contribution is -2.32. The zero-order chi connectivity index (χ0) is 21.6. The third-order valence-electron chi connectivity index (χ3n) is 4.90. The molecule has 4 rings (SSSR count). The fourth-order valence-electron chi connectivity index (χ4n) is 3.29. The average Bonchev–Trinajstić information content (AvgIpc) is 3.27. The van der Waals surface area contributed by atoms with Crippen LogP contribution in [0.1, 0.15) is 50.7 Å². The Morgan fingerprint density at radius 2 is 1.20 bits per heavy atom. The molecule has 0 radical (unpaired) electrons. The summed E-state index contributed by atoms with van der Waals surface area (Å²) >= 11 is 7.22. The van der Waals surface area contributed by atoms with E-state index in [1.54, 1.807) is 12.4 Å². The molecule has 0 aliphatic heterocycles. The van der Waals surface area contributed by atoms with Gasteiger partial charge in [0.25, 0.3) is 0 Å². The number of hydrogen-bond donors (Lipinski definition) is 0. The monoisotopic (exact) mass is 536 g/mol. The van der Waals surface area contributed by atoms with E-state index in [0.717, 1.165) is 40.5 Å². The Hall–Kier alpha value is -2.46. The van der Waals surface area contributed by atoms with Gasteiger partial charge in [-0.15, -0.1) is 0 Å². The molecule has 0 atom stereocenters. The van der Waals surface area contributed by atoms with Crippen LogP contribution in [0.3, 0.4) is 0 Å². The molecule has 0 aliphatic carbocycles. The van der Waals surface area contributed by atoms with E-state index in [1.807, 2.05) is 24.3 Å². The first-order valence-corrected chi connectivity index (χ1v) is 11.0. The van der Waals surface area contributed by atoms with Gasteiger partial charge in [0.2, 0.25) is 0 Å². The van der Waals surface area contributed by atoms with Crippen molar-refractivity contribution >= 4 is 53.7 Å². The highest BCUT2D eigenvalue weighted by Gasteiger charge is 2.22. The molecule has 0 N–H and O–H groups in total. The first kappa shape index (κ1) is 20.8. The van der Waals surface area contributed by atoms with E-state index in [9.17, 15) is 4.91 Å². The van der Waals surface area contributed by atoms with Crippen LogP contribution in [0.2, 0.25) is 0 Å². The lowest BCUT2D eigenvalue weighted by molar-refractivity contribution is -0.968. The molecular weight excluding hydrogens is 518 g/mol. The molecule has 10 heteroatoms. The molecule has 0 aliphatic rings. The van der Waals surface area contributed by atoms with Gasteiger partial charge in [-0.3, -0.25) is 0 Å². The number of hydrogen-bond acceptors (Lipinski definition) is 5. The molecular formula is C20H20Br2N5O3+. The summed E-state index contributed by atoms with van der Waals surface area (Å²) in [6, 6.07) is 7.65. The van der Waals surface area contributed by atoms with Crippen LogP contribution in [-0.4, -0.2) is 25.0 Å². The first-order valence-electron chi connectivity index (χ1n) is 9.44. The maximum atomic E-state index is 12.3. The largest absolute Gasteiger partial charge is 0.346 e. The molecule has 0 fully saturated rings. The van der Waals surface area contributed by atoms with E-state index in [-0.39, 0.29) is 5.09 Å². The van der Waals surface area contributed by atoms with Gasteiger partial charge in [0, 0.05) is 18.6 Å². The van der Waals surface area contributed by atoms with Crippen molar-refractivity contribution in [2.75, 3.05) is 0 Å². The van der Waals surface area contributed by atoms with Crippen LogP contribution in [0.4, 0.5) is 0 Å². The molecule has 4 aromatic rings. The van der Waals surface area contributed by atoms with E-state index >= 15 is 0 Å². The van der Waals surface area contributed by atoms with Crippen molar-refractivity contribution in [2.45, 2.75) is 39.5 Å². The Morgan fingerprint density at radius 3 is 1.57 bits per heavy atom. The Labute approximate surface area is 189 Å². The van der Waals surface area contributed by atoms with Gasteiger partial charge >= 0.3 is 5.09 Å². The molecule has 8 nitrogen and oxygen atoms in total. The second-order valence-electron chi connectivity index (χ2n) is 7.53. The van der Waals surface area contributed by atoms with Crippen molar-refractivity contribution in [3.63, 3.8) is 0 Å². The minimum atomic E-state index is -0.0343. The molecule has 2 aromatic heterocycles. The fraction of sp³-hybridized carbons (Fsp3) is 0.300. The Morgan fingerprint density at radius 1 is 0.800 bits per heavy atom. The minimum absolute atomic E-state index is 0.0343. The average molecular weight is 538 g/mol. The quantitative estimate of drug-likeness (QED) is 0.311. The predicted molar refractivity (Wildman–Crippen MR) is 120 cm³/mol. The Balaban J connectivity index is 1.58. The SMILES string of the molecule is CC(C)c1ccc2c(cnn2O[N+](=O)On2ncc3c(Br)c(C(C)C)ccc32)c1Br. The second kappa shape index (κ2) is 7.99. The minimum Gasteiger partial charge on any atom is -0.0793 e. The highest BCUT2D eigenvalue weighted by molar-refractivity contribution is 9.11. The summed E-state index contributed by atoms with van der Waals surface area (Å²) in [6.07, 6.45) is 3.26. The predicted octanol–water partition coefficient (Wildman–Crippen LogP) is 5.32. The first-order chi connectivity index (χ1) is 14.3. The smallest absolute Gasteiger partial charge is 0.0793 e. The van der Waals surface area contributed by atoms with Gasteiger partial charge in [0.05, 0.1) is 23.2 Å². The lowest BCUT2D eigenvalue weighted by atomic mass is 10.0. The van der Waals surface area contributed by atoms with Crippen LogP contribution in [0.5, 0.6) is 0 Å². The summed E-state index contributed by atoms with van der Waals surface area (Å²) in [5.41, 5.74) is 3.55. The van der Waals surface area contributed by atoms with Crippen LogP contribution in [0, 0.1) is 4.91 Å². The molecule has 30 heavy (non-hydrogen) atoms. The maximum absolute atomic E-state index is 12.3. The standard InChI is InChI=1S/C20H20Br2N5O3/c1-11(2)13-5-7-17-15(19(13)21)9-23-25(17)29-27(28)30-26-18-8-6-14(12(3)4)20(22)16(18)10-24-26/h5-12H,1-4H3/q+1. The summed E-state index contributed by atoms with van der Waals surface area (Å²) in [7, 11) is 0. The maximum Gasteiger partial charge on any atom is 0.346 e. The summed E-state index contributed by atoms with van der Waals surface area (Å²) < 4.78 is 1.85. The van der Waals surface area contributed by atoms with Crippen LogP contribution in [0.25, 0.3) is 21.8 Å². The zero-order valence-electron chi connectivity index (χ0n) is 16.8. The summed E-state index contributed by atoms with van der Waals surface area (Å²) in [4.78, 5) is 24.9. The highest BCUT2D eigenvalue weighted by atomic mass is 79.9. The summed E-state index contributed by atoms with van der Waals surface area (Å²) in [5, 5.41) is 9.92. The topological polar surface area (TPSA) is 74.2 Å². The van der Waals surface area contributed by atoms with E-state index < -0.39 is 0 Å². The van der Waals surface area contributed by atoms with E-state index in [1.165, 1.54) is 0 Å². The van der Waals surface area contributed by atoms with E-state index in [0.29, 0.717) is 22.9 Å². The van der Waals surface area contributed by atoms with Gasteiger partial charge in [0.15, 0.2) is 11.0 Å². The van der Waals surface area contributed by atoms with Crippen molar-refractivity contribution in [3.8, 4) is 0 Å². The van der Waals surface area contributed by atoms with Gasteiger partial charge in [-0.25, -0.2) is 0 Å². The number of aromatic nitrogens is 4. The molecule has 0 spiro atoms. The number of fused-ring (bicyclic) bond motifs is 2. The van der Waals surface area contributed by atoms with Gasteiger partial charge in [0.1, 0.15) is 0 Å². The van der Waals surface area contributed by atoms with Crippen molar-refractivity contribution in [2.24, 2.45) is 0 Å². The van der Waals surface area contributed by atoms with E-state index in [2.05, 4.69) is 69.8 Å². The van der Waals surface area contributed by atoms with Crippen molar-refractivity contribution < 1.29 is 15.0 Å². The Kier molecular flexibility index (Phi) is 5.54. The number of nitrogens with zero attached hydrogens (tertiary/aromatic N) is 5. The summed E-state index contributed by atoms with van der Waals surface area (Å²) in [5.74, 6) is 0.687. The number of benzene rings is 2. The molecule has 0 saturated heterocycles. The molecule has 0 amide bonds. The van der Waals surface area contributed by atoms with Crippen LogP contribution in [0.15, 0.2) is 45.6 Å². The van der Waals surface area contributed by atoms with Crippen molar-refractivity contribution in [3.05, 3.63) is 61.6 Å². The highest BCUT2D eigenvalue weighted by Crippen LogP contribution is 2.33. The van der Waals surface area contributed by atoms with E-state index in [4.69, 9.17) is 9.88 Å². The summed E-state index contributed by atoms with van der Waals surface area (Å²) in [6.45, 7) is 8.43. The molecule has 2 aromatic carbocycles. The van der Waals surface area contributed by atoms with Gasteiger partial charge in [-0.2, -0.15) is 0 Å². The van der Waals surface area contributed by atoms with Crippen LogP contribution >= 0.6 is 31.9 Å². The molecule has 0 saturated carbocycles. The van der Waals surface area contributed by atoms with Crippen LogP contribution < -0.4 is 9.88 Å². The lowest BCUT2D eigenvalue weighted by Gasteiger charge is -2.08. The fourth-order valence-corrected chi connectivity index (χ4v) is 5.08. The van der Waals surface area contributed by atoms with Crippen LogP contribution in [-0.2, 0) is 0 Å². The Bertz CT molecular complexity index is 1170. The zero-order valence-corrected chi connectivity index (χ0v) is 20.0. The molecule has 156 valence electrons. The second-order valence-corrected chi connectivity index (χ2v) is 9.12. The molecule has 0 bridgehead atoms. The number of halogens is 2. The molecule has 0 unspecified atom stereocenters. The third-order valence-corrected chi connectivity index (χ3v) is 6.67. The van der Waals surface area contributed by atoms with Gasteiger partial charge in [-0.1, -0.05) is 59.9 Å². The molecule has 2 heterocycles. The van der Waals surface area contributed by atoms with Gasteiger partial charge in [-0.05, 0) is 71.9 Å². The third kappa shape index (κ3) is 3.58. The number of rotatable bonds is 6. The van der Waals surface area contributed by atoms with Crippen molar-refractivity contribution in [1.29, 1.82) is 0 Å². The normalized spacial score (nSPS) is 11.7.